The second-order valence-electron chi connectivity index (χ2n) is 5.25. The lowest BCUT2D eigenvalue weighted by Crippen LogP contribution is -2.44. The van der Waals surface area contributed by atoms with Crippen molar-refractivity contribution in [3.8, 4) is 17.6 Å². The lowest BCUT2D eigenvalue weighted by molar-refractivity contribution is -0.128. The molecule has 0 radical (unpaired) electrons. The summed E-state index contributed by atoms with van der Waals surface area (Å²) in [7, 11) is 0. The molecule has 0 bridgehead atoms. The SMILES string of the molecule is CCOc1ccccc1OCC(=O)NNC(=O)/C(C#N)=C/c1ccccc1. The zero-order chi connectivity index (χ0) is 19.5. The summed E-state index contributed by atoms with van der Waals surface area (Å²) >= 11 is 0. The topological polar surface area (TPSA) is 100 Å². The van der Waals surface area contributed by atoms with Gasteiger partial charge in [-0.3, -0.25) is 20.4 Å². The Bertz CT molecular complexity index is 857. The number of carbonyl (C=O) groups excluding carboxylic acids is 2. The Kier molecular flexibility index (Phi) is 7.42. The van der Waals surface area contributed by atoms with E-state index in [1.54, 1.807) is 54.6 Å². The number of nitriles is 1. The van der Waals surface area contributed by atoms with E-state index in [4.69, 9.17) is 14.7 Å². The number of nitrogens with one attached hydrogen (secondary N) is 2. The van der Waals surface area contributed by atoms with Crippen LogP contribution in [0.1, 0.15) is 12.5 Å². The summed E-state index contributed by atoms with van der Waals surface area (Å²) in [6.45, 7) is 1.98. The largest absolute Gasteiger partial charge is 0.490 e. The van der Waals surface area contributed by atoms with Crippen molar-refractivity contribution in [1.29, 1.82) is 5.26 Å². The summed E-state index contributed by atoms with van der Waals surface area (Å²) in [5, 5.41) is 9.13. The van der Waals surface area contributed by atoms with Crippen LogP contribution in [0.15, 0.2) is 60.2 Å². The summed E-state index contributed by atoms with van der Waals surface area (Å²) in [4.78, 5) is 23.9. The molecule has 2 aromatic rings. The van der Waals surface area contributed by atoms with Crippen LogP contribution in [-0.2, 0) is 9.59 Å². The number of hydrogen-bond acceptors (Lipinski definition) is 5. The van der Waals surface area contributed by atoms with Gasteiger partial charge in [-0.25, -0.2) is 0 Å². The van der Waals surface area contributed by atoms with E-state index in [1.165, 1.54) is 6.08 Å². The number of nitrogens with zero attached hydrogens (tertiary/aromatic N) is 1. The summed E-state index contributed by atoms with van der Waals surface area (Å²) in [5.74, 6) is -0.354. The lowest BCUT2D eigenvalue weighted by Gasteiger charge is -2.11. The molecule has 0 aromatic heterocycles. The summed E-state index contributed by atoms with van der Waals surface area (Å²) in [5.41, 5.74) is 4.96. The molecule has 0 atom stereocenters. The molecule has 0 unspecified atom stereocenters. The van der Waals surface area contributed by atoms with Crippen LogP contribution in [0.3, 0.4) is 0 Å². The molecule has 2 rings (SSSR count). The predicted octanol–water partition coefficient (Wildman–Crippen LogP) is 2.22. The number of hydrogen-bond donors (Lipinski definition) is 2. The van der Waals surface area contributed by atoms with E-state index in [-0.39, 0.29) is 12.2 Å². The Morgan fingerprint density at radius 3 is 2.26 bits per heavy atom. The first-order chi connectivity index (χ1) is 13.1. The van der Waals surface area contributed by atoms with E-state index in [2.05, 4.69) is 10.9 Å². The van der Waals surface area contributed by atoms with Gasteiger partial charge in [-0.2, -0.15) is 5.26 Å². The van der Waals surface area contributed by atoms with Crippen molar-refractivity contribution in [2.24, 2.45) is 0 Å². The number of hydrazine groups is 1. The standard InChI is InChI=1S/C20H19N3O4/c1-2-26-17-10-6-7-11-18(17)27-14-19(24)22-23-20(25)16(13-21)12-15-8-4-3-5-9-15/h3-12H,2,14H2,1H3,(H,22,24)(H,23,25)/b16-12+. The maximum Gasteiger partial charge on any atom is 0.280 e. The van der Waals surface area contributed by atoms with E-state index in [0.29, 0.717) is 23.7 Å². The fourth-order valence-electron chi connectivity index (χ4n) is 2.08. The van der Waals surface area contributed by atoms with Crippen LogP contribution in [-0.4, -0.2) is 25.0 Å². The predicted molar refractivity (Wildman–Crippen MR) is 99.4 cm³/mol. The van der Waals surface area contributed by atoms with Crippen LogP contribution in [0, 0.1) is 11.3 Å². The number of para-hydroxylation sites is 2. The first-order valence-corrected chi connectivity index (χ1v) is 8.24. The summed E-state index contributed by atoms with van der Waals surface area (Å²) in [6, 6.07) is 17.7. The van der Waals surface area contributed by atoms with E-state index < -0.39 is 11.8 Å². The minimum Gasteiger partial charge on any atom is -0.490 e. The normalized spacial score (nSPS) is 10.4. The highest BCUT2D eigenvalue weighted by molar-refractivity contribution is 6.02. The maximum absolute atomic E-state index is 12.0. The van der Waals surface area contributed by atoms with Crippen LogP contribution in [0.4, 0.5) is 0 Å². The van der Waals surface area contributed by atoms with Crippen molar-refractivity contribution < 1.29 is 19.1 Å². The molecule has 0 aliphatic rings. The van der Waals surface area contributed by atoms with Gasteiger partial charge in [0, 0.05) is 0 Å². The zero-order valence-corrected chi connectivity index (χ0v) is 14.8. The fraction of sp³-hybridized carbons (Fsp3) is 0.150. The van der Waals surface area contributed by atoms with Crippen LogP contribution >= 0.6 is 0 Å². The van der Waals surface area contributed by atoms with Crippen LogP contribution in [0.2, 0.25) is 0 Å². The molecule has 7 heteroatoms. The molecule has 27 heavy (non-hydrogen) atoms. The van der Waals surface area contributed by atoms with Crippen LogP contribution in [0.25, 0.3) is 6.08 Å². The molecule has 138 valence electrons. The fourth-order valence-corrected chi connectivity index (χ4v) is 2.08. The Balaban J connectivity index is 1.87. The molecule has 7 nitrogen and oxygen atoms in total. The van der Waals surface area contributed by atoms with E-state index in [1.807, 2.05) is 13.0 Å². The smallest absolute Gasteiger partial charge is 0.280 e. The van der Waals surface area contributed by atoms with Gasteiger partial charge < -0.3 is 9.47 Å². The first kappa shape index (κ1) is 19.5. The molecule has 0 saturated carbocycles. The molecule has 0 heterocycles. The third kappa shape index (κ3) is 6.21. The van der Waals surface area contributed by atoms with Crippen molar-refractivity contribution in [1.82, 2.24) is 10.9 Å². The quantitative estimate of drug-likeness (QED) is 0.445. The molecule has 2 aromatic carbocycles. The second-order valence-corrected chi connectivity index (χ2v) is 5.25. The summed E-state index contributed by atoms with van der Waals surface area (Å²) < 4.78 is 10.8. The zero-order valence-electron chi connectivity index (χ0n) is 14.8. The number of carbonyl (C=O) groups is 2. The first-order valence-electron chi connectivity index (χ1n) is 8.24. The highest BCUT2D eigenvalue weighted by Gasteiger charge is 2.11. The minimum atomic E-state index is -0.718. The highest BCUT2D eigenvalue weighted by atomic mass is 16.5. The summed E-state index contributed by atoms with van der Waals surface area (Å²) in [6.07, 6.45) is 1.43. The molecular weight excluding hydrogens is 346 g/mol. The van der Waals surface area contributed by atoms with Gasteiger partial charge in [0.2, 0.25) is 0 Å². The van der Waals surface area contributed by atoms with Crippen molar-refractivity contribution in [3.63, 3.8) is 0 Å². The Morgan fingerprint density at radius 2 is 1.63 bits per heavy atom. The third-order valence-electron chi connectivity index (χ3n) is 3.30. The molecule has 2 amide bonds. The molecule has 0 saturated heterocycles. The van der Waals surface area contributed by atoms with E-state index >= 15 is 0 Å². The molecule has 0 fully saturated rings. The number of ether oxygens (including phenoxy) is 2. The van der Waals surface area contributed by atoms with Gasteiger partial charge in [0.15, 0.2) is 18.1 Å². The number of rotatable bonds is 7. The second kappa shape index (κ2) is 10.3. The minimum absolute atomic E-state index is 0.135. The lowest BCUT2D eigenvalue weighted by atomic mass is 10.1. The van der Waals surface area contributed by atoms with E-state index in [0.717, 1.165) is 0 Å². The van der Waals surface area contributed by atoms with Crippen molar-refractivity contribution in [2.75, 3.05) is 13.2 Å². The van der Waals surface area contributed by atoms with Gasteiger partial charge in [0.1, 0.15) is 11.6 Å². The van der Waals surface area contributed by atoms with E-state index in [9.17, 15) is 9.59 Å². The van der Waals surface area contributed by atoms with Gasteiger partial charge >= 0.3 is 0 Å². The Hall–Kier alpha value is -3.79. The third-order valence-corrected chi connectivity index (χ3v) is 3.30. The highest BCUT2D eigenvalue weighted by Crippen LogP contribution is 2.26. The molecule has 0 aliphatic heterocycles. The van der Waals surface area contributed by atoms with Gasteiger partial charge in [0.05, 0.1) is 6.61 Å². The van der Waals surface area contributed by atoms with Crippen LogP contribution in [0.5, 0.6) is 11.5 Å². The van der Waals surface area contributed by atoms with Gasteiger partial charge in [-0.1, -0.05) is 42.5 Å². The van der Waals surface area contributed by atoms with Gasteiger partial charge in [-0.15, -0.1) is 0 Å². The Morgan fingerprint density at radius 1 is 1.00 bits per heavy atom. The monoisotopic (exact) mass is 365 g/mol. The van der Waals surface area contributed by atoms with Crippen molar-refractivity contribution in [3.05, 3.63) is 65.7 Å². The molecule has 0 spiro atoms. The molecule has 2 N–H and O–H groups in total. The average Bonchev–Trinajstić information content (AvgIpc) is 2.70. The van der Waals surface area contributed by atoms with Crippen molar-refractivity contribution >= 4 is 17.9 Å². The number of benzene rings is 2. The maximum atomic E-state index is 12.0. The molecular formula is C20H19N3O4. The average molecular weight is 365 g/mol. The van der Waals surface area contributed by atoms with Crippen LogP contribution < -0.4 is 20.3 Å². The molecule has 0 aliphatic carbocycles. The number of amides is 2. The van der Waals surface area contributed by atoms with Gasteiger partial charge in [0.25, 0.3) is 11.8 Å². The Labute approximate surface area is 157 Å². The van der Waals surface area contributed by atoms with Gasteiger partial charge in [-0.05, 0) is 30.7 Å². The van der Waals surface area contributed by atoms with Crippen molar-refractivity contribution in [2.45, 2.75) is 6.92 Å².